The van der Waals surface area contributed by atoms with Gasteiger partial charge in [0.1, 0.15) is 5.71 Å². The number of hydrogen-bond acceptors (Lipinski definition) is 6. The Balaban J connectivity index is 1.71. The summed E-state index contributed by atoms with van der Waals surface area (Å²) in [6.45, 7) is 5.25. The van der Waals surface area contributed by atoms with Gasteiger partial charge in [-0.05, 0) is 24.3 Å². The van der Waals surface area contributed by atoms with Crippen molar-refractivity contribution in [1.29, 1.82) is 0 Å². The van der Waals surface area contributed by atoms with Crippen LogP contribution in [0.1, 0.15) is 32.2 Å². The highest BCUT2D eigenvalue weighted by Gasteiger charge is 2.36. The Labute approximate surface area is 215 Å². The number of nitrogens with one attached hydrogen (secondary N) is 3. The number of anilines is 3. The number of hydrogen-bond donors (Lipinski definition) is 3. The lowest BCUT2D eigenvalue weighted by Gasteiger charge is -2.28. The normalized spacial score (nSPS) is 15.4. The van der Waals surface area contributed by atoms with Crippen LogP contribution < -0.4 is 20.4 Å². The molecule has 1 aliphatic rings. The minimum Gasteiger partial charge on any atom is -0.378 e. The smallest absolute Gasteiger partial charge is 0.321 e. The van der Waals surface area contributed by atoms with Crippen LogP contribution >= 0.6 is 0 Å². The molecule has 3 N–H and O–H groups in total. The zero-order valence-electron chi connectivity index (χ0n) is 21.6. The molecule has 192 valence electrons. The minimum absolute atomic E-state index is 0.124. The number of ketones is 1. The molecular formula is C27H31N7O3. The van der Waals surface area contributed by atoms with Gasteiger partial charge < -0.3 is 25.4 Å². The first kappa shape index (κ1) is 25.6. The molecule has 10 heteroatoms. The molecule has 37 heavy (non-hydrogen) atoms. The van der Waals surface area contributed by atoms with Gasteiger partial charge in [-0.1, -0.05) is 45.0 Å². The van der Waals surface area contributed by atoms with E-state index in [4.69, 9.17) is 0 Å². The summed E-state index contributed by atoms with van der Waals surface area (Å²) in [7, 11) is 3.80. The number of H-pyrrole nitrogens is 1. The van der Waals surface area contributed by atoms with Gasteiger partial charge in [-0.15, -0.1) is 0 Å². The van der Waals surface area contributed by atoms with Gasteiger partial charge in [-0.25, -0.2) is 14.8 Å². The summed E-state index contributed by atoms with van der Waals surface area (Å²) in [5.41, 5.74) is 2.34. The maximum atomic E-state index is 13.8. The van der Waals surface area contributed by atoms with Crippen LogP contribution in [-0.2, 0) is 9.59 Å². The van der Waals surface area contributed by atoms with Crippen LogP contribution in [0, 0.1) is 5.41 Å². The standard InChI is InChI=1S/C27H31N7O3/c1-27(2,3)21(35)16-34-20-12-7-6-11-19(20)22(23-28-13-14-29-23)31-24(25(34)36)32-26(37)30-17-9-8-10-18(15-17)33(4)5/h6-15,24H,16H2,1-5H3,(H,28,29)(H2,30,32,37)/t24-/m0/s1. The number of benzodiazepines with no additional fused rings is 1. The van der Waals surface area contributed by atoms with Gasteiger partial charge in [0.15, 0.2) is 11.6 Å². The second-order valence-corrected chi connectivity index (χ2v) is 9.98. The van der Waals surface area contributed by atoms with Gasteiger partial charge in [0.05, 0.1) is 12.2 Å². The van der Waals surface area contributed by atoms with E-state index in [0.29, 0.717) is 28.5 Å². The number of carbonyl (C=O) groups excluding carboxylic acids is 3. The van der Waals surface area contributed by atoms with Crippen LogP contribution in [0.3, 0.4) is 0 Å². The van der Waals surface area contributed by atoms with Crippen molar-refractivity contribution in [2.45, 2.75) is 26.9 Å². The number of Topliss-reactive ketones (excluding diaryl/α,β-unsaturated/α-hetero) is 1. The van der Waals surface area contributed by atoms with Gasteiger partial charge in [0.25, 0.3) is 5.91 Å². The minimum atomic E-state index is -1.29. The molecule has 1 aliphatic heterocycles. The number of rotatable bonds is 6. The Bertz CT molecular complexity index is 1340. The summed E-state index contributed by atoms with van der Waals surface area (Å²) >= 11 is 0. The second-order valence-electron chi connectivity index (χ2n) is 9.98. The molecule has 0 aliphatic carbocycles. The monoisotopic (exact) mass is 501 g/mol. The Hall–Kier alpha value is -4.47. The molecule has 2 heterocycles. The average Bonchev–Trinajstić information content (AvgIpc) is 3.35. The number of aromatic nitrogens is 2. The molecule has 4 rings (SSSR count). The van der Waals surface area contributed by atoms with Crippen molar-refractivity contribution < 1.29 is 14.4 Å². The van der Waals surface area contributed by atoms with Crippen LogP contribution in [-0.4, -0.2) is 60.2 Å². The van der Waals surface area contributed by atoms with Crippen molar-refractivity contribution in [2.24, 2.45) is 10.4 Å². The first-order chi connectivity index (χ1) is 17.5. The molecule has 1 atom stereocenters. The van der Waals surface area contributed by atoms with Crippen LogP contribution in [0.4, 0.5) is 21.9 Å². The topological polar surface area (TPSA) is 123 Å². The van der Waals surface area contributed by atoms with E-state index in [1.165, 1.54) is 4.90 Å². The maximum Gasteiger partial charge on any atom is 0.321 e. The summed E-state index contributed by atoms with van der Waals surface area (Å²) < 4.78 is 0. The summed E-state index contributed by atoms with van der Waals surface area (Å²) in [6.07, 6.45) is 1.94. The van der Waals surface area contributed by atoms with Crippen molar-refractivity contribution in [3.8, 4) is 0 Å². The fraction of sp³-hybridized carbons (Fsp3) is 0.296. The molecule has 3 amide bonds. The van der Waals surface area contributed by atoms with E-state index in [1.54, 1.807) is 51.4 Å². The average molecular weight is 502 g/mol. The molecule has 2 aromatic carbocycles. The molecule has 0 fully saturated rings. The summed E-state index contributed by atoms with van der Waals surface area (Å²) in [6, 6.07) is 13.9. The van der Waals surface area contributed by atoms with E-state index in [0.717, 1.165) is 5.69 Å². The zero-order valence-corrected chi connectivity index (χ0v) is 21.6. The van der Waals surface area contributed by atoms with Gasteiger partial charge in [0, 0.05) is 48.8 Å². The van der Waals surface area contributed by atoms with E-state index >= 15 is 0 Å². The number of imidazole rings is 1. The van der Waals surface area contributed by atoms with Crippen LogP contribution in [0.5, 0.6) is 0 Å². The maximum absolute atomic E-state index is 13.8. The van der Waals surface area contributed by atoms with E-state index in [-0.39, 0.29) is 12.3 Å². The summed E-state index contributed by atoms with van der Waals surface area (Å²) in [5.74, 6) is -0.209. The number of aromatic amines is 1. The highest BCUT2D eigenvalue weighted by molar-refractivity contribution is 6.19. The van der Waals surface area contributed by atoms with Crippen molar-refractivity contribution in [2.75, 3.05) is 35.8 Å². The van der Waals surface area contributed by atoms with Crippen LogP contribution in [0.15, 0.2) is 65.9 Å². The molecule has 0 saturated carbocycles. The number of benzene rings is 2. The molecule has 0 bridgehead atoms. The predicted molar refractivity (Wildman–Crippen MR) is 144 cm³/mol. The molecule has 0 saturated heterocycles. The van der Waals surface area contributed by atoms with E-state index in [1.807, 2.05) is 49.3 Å². The second kappa shape index (κ2) is 10.3. The van der Waals surface area contributed by atoms with Gasteiger partial charge >= 0.3 is 6.03 Å². The Morgan fingerprint density at radius 3 is 2.54 bits per heavy atom. The number of nitrogens with zero attached hydrogens (tertiary/aromatic N) is 4. The Morgan fingerprint density at radius 1 is 1.11 bits per heavy atom. The number of amides is 3. The molecule has 3 aromatic rings. The SMILES string of the molecule is CN(C)c1cccc(NC(=O)N[C@@H]2N=C(c3ncc[nH]3)c3ccccc3N(CC(=O)C(C)(C)C)C2=O)c1. The van der Waals surface area contributed by atoms with E-state index < -0.39 is 23.5 Å². The van der Waals surface area contributed by atoms with Gasteiger partial charge in [-0.3, -0.25) is 9.59 Å². The third-order valence-electron chi connectivity index (χ3n) is 5.96. The fourth-order valence-electron chi connectivity index (χ4n) is 3.80. The molecule has 10 nitrogen and oxygen atoms in total. The molecule has 0 unspecified atom stereocenters. The third-order valence-corrected chi connectivity index (χ3v) is 5.96. The lowest BCUT2D eigenvalue weighted by Crippen LogP contribution is -2.50. The molecule has 0 spiro atoms. The predicted octanol–water partition coefficient (Wildman–Crippen LogP) is 3.42. The molecule has 0 radical (unpaired) electrons. The lowest BCUT2D eigenvalue weighted by molar-refractivity contribution is -0.127. The number of urea groups is 1. The van der Waals surface area contributed by atoms with Crippen molar-refractivity contribution in [3.05, 3.63) is 72.3 Å². The Kier molecular flexibility index (Phi) is 7.10. The van der Waals surface area contributed by atoms with Gasteiger partial charge in [0.2, 0.25) is 6.17 Å². The lowest BCUT2D eigenvalue weighted by atomic mass is 9.90. The number of carbonyl (C=O) groups is 3. The van der Waals surface area contributed by atoms with Crippen molar-refractivity contribution in [3.63, 3.8) is 0 Å². The first-order valence-corrected chi connectivity index (χ1v) is 11.9. The highest BCUT2D eigenvalue weighted by Crippen LogP contribution is 2.29. The number of para-hydroxylation sites is 1. The first-order valence-electron chi connectivity index (χ1n) is 11.9. The largest absolute Gasteiger partial charge is 0.378 e. The van der Waals surface area contributed by atoms with Crippen molar-refractivity contribution >= 4 is 40.5 Å². The van der Waals surface area contributed by atoms with E-state index in [9.17, 15) is 14.4 Å². The van der Waals surface area contributed by atoms with E-state index in [2.05, 4.69) is 25.6 Å². The summed E-state index contributed by atoms with van der Waals surface area (Å²) in [5, 5.41) is 5.45. The summed E-state index contributed by atoms with van der Waals surface area (Å²) in [4.78, 5) is 55.1. The molecule has 1 aromatic heterocycles. The zero-order chi connectivity index (χ0) is 26.7. The number of aliphatic imine (C=N–C) groups is 1. The Morgan fingerprint density at radius 2 is 1.86 bits per heavy atom. The third kappa shape index (κ3) is 5.69. The van der Waals surface area contributed by atoms with Crippen molar-refractivity contribution in [1.82, 2.24) is 15.3 Å². The van der Waals surface area contributed by atoms with Gasteiger partial charge in [-0.2, -0.15) is 0 Å². The highest BCUT2D eigenvalue weighted by atomic mass is 16.2. The molecular weight excluding hydrogens is 470 g/mol. The number of fused-ring (bicyclic) bond motifs is 1. The fourth-order valence-corrected chi connectivity index (χ4v) is 3.80. The van der Waals surface area contributed by atoms with Crippen LogP contribution in [0.25, 0.3) is 0 Å². The quantitative estimate of drug-likeness (QED) is 0.478. The van der Waals surface area contributed by atoms with Crippen LogP contribution in [0.2, 0.25) is 0 Å².